The zero-order chi connectivity index (χ0) is 19.9. The van der Waals surface area contributed by atoms with E-state index in [0.717, 1.165) is 5.56 Å². The Balaban J connectivity index is 2.25. The number of hydrogen-bond donors (Lipinski definition) is 2. The number of nitrogens with zero attached hydrogens (tertiary/aromatic N) is 2. The molecule has 7 nitrogen and oxygen atoms in total. The molecule has 2 N–H and O–H groups in total. The zero-order valence-corrected chi connectivity index (χ0v) is 17.7. The maximum absolute atomic E-state index is 12.5. The fraction of sp³-hybridized carbons (Fsp3) is 0.500. The van der Waals surface area contributed by atoms with E-state index in [1.165, 1.54) is 23.9 Å². The molecule has 1 aromatic rings. The van der Waals surface area contributed by atoms with E-state index in [2.05, 4.69) is 0 Å². The normalized spacial score (nSPS) is 19.7. The van der Waals surface area contributed by atoms with Crippen molar-refractivity contribution in [3.05, 3.63) is 29.8 Å². The van der Waals surface area contributed by atoms with E-state index in [1.807, 2.05) is 39.3 Å². The van der Waals surface area contributed by atoms with Gasteiger partial charge in [0.2, 0.25) is 0 Å². The van der Waals surface area contributed by atoms with Gasteiger partial charge in [0.15, 0.2) is 0 Å². The summed E-state index contributed by atoms with van der Waals surface area (Å²) in [6.45, 7) is 9.27. The first kappa shape index (κ1) is 20.9. The smallest absolute Gasteiger partial charge is 0.331 e. The van der Waals surface area contributed by atoms with Crippen LogP contribution in [0.15, 0.2) is 29.2 Å². The highest BCUT2D eigenvalue weighted by atomic mass is 32.2. The van der Waals surface area contributed by atoms with Crippen molar-refractivity contribution >= 4 is 44.4 Å². The van der Waals surface area contributed by atoms with E-state index < -0.39 is 27.0 Å². The lowest BCUT2D eigenvalue weighted by Crippen LogP contribution is -2.58. The number of benzene rings is 1. The third kappa shape index (κ3) is 4.13. The number of thiocarbonyl (C=S) groups is 1. The van der Waals surface area contributed by atoms with Gasteiger partial charge < -0.3 is 4.90 Å². The minimum Gasteiger partial charge on any atom is -0.331 e. The number of aryl methyl sites for hydroxylation is 1. The standard InChI is InChI=1S/C16H23N3O4S3/c1-10(2)18-13(16(4,5)25-15(18)24)19(21)14(20)17-26(22,23)12-8-6-11(3)7-9-12/h6-10,13,21H,1-5H3,(H,17,20). The quantitative estimate of drug-likeness (QED) is 0.442. The predicted molar refractivity (Wildman–Crippen MR) is 106 cm³/mol. The molecule has 10 heteroatoms. The first-order chi connectivity index (χ1) is 11.9. The second-order valence-corrected chi connectivity index (χ2v) is 10.9. The van der Waals surface area contributed by atoms with E-state index >= 15 is 0 Å². The molecular formula is C16H23N3O4S3. The second-order valence-electron chi connectivity index (χ2n) is 6.91. The Morgan fingerprint density at radius 3 is 2.38 bits per heavy atom. The number of urea groups is 1. The van der Waals surface area contributed by atoms with Crippen LogP contribution >= 0.6 is 24.0 Å². The third-order valence-corrected chi connectivity index (χ3v) is 6.91. The number of carbonyl (C=O) groups excluding carboxylic acids is 1. The van der Waals surface area contributed by atoms with Gasteiger partial charge in [0, 0.05) is 6.04 Å². The highest BCUT2D eigenvalue weighted by Crippen LogP contribution is 2.43. The van der Waals surface area contributed by atoms with Crippen LogP contribution in [0.3, 0.4) is 0 Å². The van der Waals surface area contributed by atoms with Crippen LogP contribution in [0, 0.1) is 6.92 Å². The summed E-state index contributed by atoms with van der Waals surface area (Å²) < 4.78 is 26.6. The number of nitrogens with one attached hydrogen (secondary N) is 1. The van der Waals surface area contributed by atoms with Crippen molar-refractivity contribution < 1.29 is 18.4 Å². The molecule has 0 radical (unpaired) electrons. The van der Waals surface area contributed by atoms with Crippen molar-refractivity contribution in [3.63, 3.8) is 0 Å². The Hall–Kier alpha value is -1.36. The number of hydrogen-bond acceptors (Lipinski definition) is 6. The zero-order valence-electron chi connectivity index (χ0n) is 15.3. The monoisotopic (exact) mass is 417 g/mol. The SMILES string of the molecule is Cc1ccc(S(=O)(=O)NC(=O)N(O)C2N(C(C)C)C(=S)SC2(C)C)cc1. The van der Waals surface area contributed by atoms with E-state index in [-0.39, 0.29) is 10.9 Å². The molecule has 1 aliphatic heterocycles. The van der Waals surface area contributed by atoms with Gasteiger partial charge in [-0.2, -0.15) is 5.06 Å². The topological polar surface area (TPSA) is 90.0 Å². The van der Waals surface area contributed by atoms with Crippen LogP contribution in [0.2, 0.25) is 0 Å². The molecule has 1 aromatic carbocycles. The van der Waals surface area contributed by atoms with Gasteiger partial charge in [-0.15, -0.1) is 0 Å². The Bertz CT molecular complexity index is 807. The maximum atomic E-state index is 12.5. The lowest BCUT2D eigenvalue weighted by molar-refractivity contribution is -0.121. The number of amides is 2. The van der Waals surface area contributed by atoms with Crippen LogP contribution in [0.25, 0.3) is 0 Å². The largest absolute Gasteiger partial charge is 0.357 e. The molecule has 144 valence electrons. The summed E-state index contributed by atoms with van der Waals surface area (Å²) in [5.74, 6) is 0. The average molecular weight is 418 g/mol. The predicted octanol–water partition coefficient (Wildman–Crippen LogP) is 2.93. The van der Waals surface area contributed by atoms with E-state index in [0.29, 0.717) is 9.38 Å². The van der Waals surface area contributed by atoms with Crippen LogP contribution in [0.1, 0.15) is 33.3 Å². The van der Waals surface area contributed by atoms with Crippen molar-refractivity contribution in [1.82, 2.24) is 14.7 Å². The minimum absolute atomic E-state index is 0.0545. The first-order valence-corrected chi connectivity index (χ1v) is 10.7. The number of thioether (sulfide) groups is 1. The average Bonchev–Trinajstić information content (AvgIpc) is 2.75. The van der Waals surface area contributed by atoms with Gasteiger partial charge in [-0.3, -0.25) is 5.21 Å². The maximum Gasteiger partial charge on any atom is 0.357 e. The lowest BCUT2D eigenvalue weighted by Gasteiger charge is -2.38. The molecule has 1 fully saturated rings. The van der Waals surface area contributed by atoms with Gasteiger partial charge in [-0.05, 0) is 46.8 Å². The van der Waals surface area contributed by atoms with Crippen LogP contribution in [0.5, 0.6) is 0 Å². The minimum atomic E-state index is -4.10. The molecule has 0 aliphatic carbocycles. The molecule has 0 aromatic heterocycles. The van der Waals surface area contributed by atoms with E-state index in [1.54, 1.807) is 17.0 Å². The summed E-state index contributed by atoms with van der Waals surface area (Å²) >= 11 is 6.70. The Morgan fingerprint density at radius 1 is 1.35 bits per heavy atom. The van der Waals surface area contributed by atoms with Crippen molar-refractivity contribution in [2.75, 3.05) is 0 Å². The molecule has 1 saturated heterocycles. The lowest BCUT2D eigenvalue weighted by atomic mass is 10.1. The van der Waals surface area contributed by atoms with Crippen LogP contribution in [-0.2, 0) is 10.0 Å². The summed E-state index contributed by atoms with van der Waals surface area (Å²) in [7, 11) is -4.10. The number of sulfonamides is 1. The van der Waals surface area contributed by atoms with Gasteiger partial charge in [-0.1, -0.05) is 41.7 Å². The molecule has 0 saturated carbocycles. The summed E-state index contributed by atoms with van der Waals surface area (Å²) in [5, 5.41) is 10.9. The number of hydroxylamine groups is 2. The van der Waals surface area contributed by atoms with Gasteiger partial charge in [0.25, 0.3) is 10.0 Å². The first-order valence-electron chi connectivity index (χ1n) is 7.99. The highest BCUT2D eigenvalue weighted by Gasteiger charge is 2.50. The number of carbonyl (C=O) groups is 1. The second kappa shape index (κ2) is 7.34. The summed E-state index contributed by atoms with van der Waals surface area (Å²) in [6, 6.07) is 4.86. The fourth-order valence-corrected chi connectivity index (χ4v) is 5.80. The molecule has 1 heterocycles. The Labute approximate surface area is 163 Å². The van der Waals surface area contributed by atoms with Crippen LogP contribution in [0.4, 0.5) is 4.79 Å². The van der Waals surface area contributed by atoms with Crippen LogP contribution < -0.4 is 4.72 Å². The van der Waals surface area contributed by atoms with Gasteiger partial charge in [0.1, 0.15) is 10.5 Å². The Morgan fingerprint density at radius 2 is 1.88 bits per heavy atom. The third-order valence-electron chi connectivity index (χ3n) is 4.00. The van der Waals surface area contributed by atoms with Gasteiger partial charge in [0.05, 0.1) is 9.64 Å². The molecule has 0 bridgehead atoms. The molecule has 0 spiro atoms. The molecule has 2 amide bonds. The van der Waals surface area contributed by atoms with Crippen LogP contribution in [-0.4, -0.2) is 50.9 Å². The van der Waals surface area contributed by atoms with E-state index in [4.69, 9.17) is 12.2 Å². The molecule has 2 rings (SSSR count). The molecular weight excluding hydrogens is 394 g/mol. The van der Waals surface area contributed by atoms with Crippen molar-refractivity contribution in [1.29, 1.82) is 0 Å². The molecule has 26 heavy (non-hydrogen) atoms. The summed E-state index contributed by atoms with van der Waals surface area (Å²) in [6.07, 6.45) is -0.798. The van der Waals surface area contributed by atoms with Crippen molar-refractivity contribution in [3.8, 4) is 0 Å². The highest BCUT2D eigenvalue weighted by molar-refractivity contribution is 8.24. The molecule has 1 unspecified atom stereocenters. The van der Waals surface area contributed by atoms with Gasteiger partial charge in [-0.25, -0.2) is 17.9 Å². The summed E-state index contributed by atoms with van der Waals surface area (Å²) in [5.41, 5.74) is 0.893. The van der Waals surface area contributed by atoms with E-state index in [9.17, 15) is 18.4 Å². The molecule has 1 atom stereocenters. The Kier molecular flexibility index (Phi) is 5.91. The summed E-state index contributed by atoms with van der Waals surface area (Å²) in [4.78, 5) is 14.1. The van der Waals surface area contributed by atoms with Crippen molar-refractivity contribution in [2.24, 2.45) is 0 Å². The number of rotatable bonds is 4. The fourth-order valence-electron chi connectivity index (χ4n) is 2.72. The van der Waals surface area contributed by atoms with Gasteiger partial charge >= 0.3 is 6.03 Å². The molecule has 1 aliphatic rings. The van der Waals surface area contributed by atoms with Crippen molar-refractivity contribution in [2.45, 2.75) is 56.5 Å².